The number of hydrogen-bond donors (Lipinski definition) is 3. The van der Waals surface area contributed by atoms with Crippen LogP contribution in [-0.2, 0) is 14.3 Å². The number of carbonyl (C=O) groups is 3. The van der Waals surface area contributed by atoms with Crippen molar-refractivity contribution in [1.29, 1.82) is 0 Å². The molecule has 0 spiro atoms. The van der Waals surface area contributed by atoms with E-state index in [1.807, 2.05) is 0 Å². The second-order valence-corrected chi connectivity index (χ2v) is 14.3. The average Bonchev–Trinajstić information content (AvgIpc) is 3.04. The largest absolute Gasteiger partial charge is 0.480 e. The molecule has 0 aliphatic rings. The number of carboxylic acid groups (broad SMARTS) is 1. The van der Waals surface area contributed by atoms with Crippen molar-refractivity contribution in [2.75, 3.05) is 24.7 Å². The van der Waals surface area contributed by atoms with Gasteiger partial charge in [-0.25, -0.2) is 9.59 Å². The molecule has 1 atom stereocenters. The van der Waals surface area contributed by atoms with Crippen LogP contribution in [0.1, 0.15) is 194 Å². The Bertz CT molecular complexity index is 694. The number of aliphatic carboxylic acids is 1. The molecule has 46 heavy (non-hydrogen) atoms. The van der Waals surface area contributed by atoms with E-state index in [0.717, 1.165) is 32.1 Å². The van der Waals surface area contributed by atoms with Gasteiger partial charge >= 0.3 is 12.1 Å². The maximum atomic E-state index is 12.3. The highest BCUT2D eigenvalue weighted by Gasteiger charge is 2.19. The first kappa shape index (κ1) is 44.6. The van der Waals surface area contributed by atoms with Crippen molar-refractivity contribution in [3.8, 4) is 0 Å². The molecule has 0 saturated heterocycles. The van der Waals surface area contributed by atoms with E-state index in [1.54, 1.807) is 0 Å². The standard InChI is InChI=1S/C38H74N2O5S/c1-3-5-7-9-11-13-15-17-19-21-23-25-27-29-32-45-38(44)39-31-33-46-34-35(37(42)43)40-36(41)30-28-26-24-22-20-18-16-14-12-10-8-6-4-2/h35H,3-34H2,1-2H3,(H,39,44)(H,40,41)(H,42,43). The number of amides is 2. The summed E-state index contributed by atoms with van der Waals surface area (Å²) in [5.41, 5.74) is 0. The van der Waals surface area contributed by atoms with Crippen LogP contribution < -0.4 is 10.6 Å². The zero-order chi connectivity index (χ0) is 33.8. The van der Waals surface area contributed by atoms with Gasteiger partial charge in [-0.3, -0.25) is 4.79 Å². The summed E-state index contributed by atoms with van der Waals surface area (Å²) in [6.07, 6.45) is 34.3. The van der Waals surface area contributed by atoms with E-state index in [1.165, 1.54) is 153 Å². The monoisotopic (exact) mass is 671 g/mol. The highest BCUT2D eigenvalue weighted by molar-refractivity contribution is 7.99. The lowest BCUT2D eigenvalue weighted by atomic mass is 10.0. The molecule has 0 aromatic rings. The molecule has 8 heteroatoms. The summed E-state index contributed by atoms with van der Waals surface area (Å²) >= 11 is 1.40. The number of alkyl carbamates (subject to hydrolysis) is 1. The first-order valence-corrected chi connectivity index (χ1v) is 20.7. The molecule has 7 nitrogen and oxygen atoms in total. The molecule has 1 unspecified atom stereocenters. The number of hydrogen-bond acceptors (Lipinski definition) is 5. The van der Waals surface area contributed by atoms with Gasteiger partial charge in [-0.2, -0.15) is 11.8 Å². The molecule has 3 N–H and O–H groups in total. The van der Waals surface area contributed by atoms with Crippen LogP contribution in [0.3, 0.4) is 0 Å². The molecular formula is C38H74N2O5S. The molecule has 2 amide bonds. The lowest BCUT2D eigenvalue weighted by Gasteiger charge is -2.14. The molecule has 0 aromatic heterocycles. The summed E-state index contributed by atoms with van der Waals surface area (Å²) in [7, 11) is 0. The van der Waals surface area contributed by atoms with E-state index in [4.69, 9.17) is 4.74 Å². The minimum atomic E-state index is -1.02. The van der Waals surface area contributed by atoms with Gasteiger partial charge in [-0.15, -0.1) is 0 Å². The Balaban J connectivity index is 3.58. The molecule has 0 radical (unpaired) electrons. The van der Waals surface area contributed by atoms with Crippen molar-refractivity contribution in [3.05, 3.63) is 0 Å². The van der Waals surface area contributed by atoms with E-state index in [9.17, 15) is 19.5 Å². The number of ether oxygens (including phenoxy) is 1. The number of carboxylic acids is 1. The van der Waals surface area contributed by atoms with E-state index >= 15 is 0 Å². The van der Waals surface area contributed by atoms with Crippen LogP contribution in [0.5, 0.6) is 0 Å². The minimum Gasteiger partial charge on any atom is -0.480 e. The van der Waals surface area contributed by atoms with Crippen LogP contribution in [0.15, 0.2) is 0 Å². The van der Waals surface area contributed by atoms with Crippen molar-refractivity contribution in [1.82, 2.24) is 10.6 Å². The van der Waals surface area contributed by atoms with E-state index < -0.39 is 18.1 Å². The van der Waals surface area contributed by atoms with Crippen LogP contribution in [0.2, 0.25) is 0 Å². The molecule has 0 rings (SSSR count). The van der Waals surface area contributed by atoms with Crippen molar-refractivity contribution in [3.63, 3.8) is 0 Å². The summed E-state index contributed by atoms with van der Waals surface area (Å²) in [6.45, 7) is 5.36. The number of nitrogens with one attached hydrogen (secondary N) is 2. The van der Waals surface area contributed by atoms with Gasteiger partial charge < -0.3 is 20.5 Å². The van der Waals surface area contributed by atoms with Crippen LogP contribution in [0, 0.1) is 0 Å². The van der Waals surface area contributed by atoms with Crippen molar-refractivity contribution in [2.45, 2.75) is 200 Å². The Morgan fingerprint density at radius 2 is 0.978 bits per heavy atom. The van der Waals surface area contributed by atoms with Gasteiger partial charge in [0.2, 0.25) is 5.91 Å². The lowest BCUT2D eigenvalue weighted by molar-refractivity contribution is -0.141. The third kappa shape index (κ3) is 33.9. The number of thioether (sulfide) groups is 1. The molecule has 0 heterocycles. The second-order valence-electron chi connectivity index (χ2n) is 13.2. The zero-order valence-electron chi connectivity index (χ0n) is 30.2. The number of unbranched alkanes of at least 4 members (excludes halogenated alkanes) is 25. The van der Waals surface area contributed by atoms with Crippen LogP contribution in [0.4, 0.5) is 4.79 Å². The highest BCUT2D eigenvalue weighted by atomic mass is 32.2. The van der Waals surface area contributed by atoms with Gasteiger partial charge in [0.1, 0.15) is 6.04 Å². The molecule has 0 aliphatic heterocycles. The fraction of sp³-hybridized carbons (Fsp3) is 0.921. The fourth-order valence-corrected chi connectivity index (χ4v) is 6.56. The van der Waals surface area contributed by atoms with Gasteiger partial charge in [0, 0.05) is 24.5 Å². The Labute approximate surface area is 288 Å². The van der Waals surface area contributed by atoms with Crippen LogP contribution >= 0.6 is 11.8 Å². The maximum absolute atomic E-state index is 12.3. The van der Waals surface area contributed by atoms with E-state index in [-0.39, 0.29) is 11.7 Å². The number of rotatable bonds is 36. The Morgan fingerprint density at radius 3 is 1.39 bits per heavy atom. The van der Waals surface area contributed by atoms with Gasteiger partial charge in [0.25, 0.3) is 0 Å². The highest BCUT2D eigenvalue weighted by Crippen LogP contribution is 2.14. The summed E-state index contributed by atoms with van der Waals surface area (Å²) in [5.74, 6) is -0.380. The van der Waals surface area contributed by atoms with Crippen LogP contribution in [0.25, 0.3) is 0 Å². The molecule has 0 saturated carbocycles. The average molecular weight is 671 g/mol. The SMILES string of the molecule is CCCCCCCCCCCCCCCCOC(=O)NCCSCC(NC(=O)CCCCCCCCCCCCCCC)C(=O)O. The van der Waals surface area contributed by atoms with Gasteiger partial charge in [0.05, 0.1) is 6.61 Å². The second kappa shape index (κ2) is 36.4. The van der Waals surface area contributed by atoms with E-state index in [2.05, 4.69) is 24.5 Å². The fourth-order valence-electron chi connectivity index (χ4n) is 5.68. The summed E-state index contributed by atoms with van der Waals surface area (Å²) in [5, 5.41) is 14.9. The Hall–Kier alpha value is -1.44. The normalized spacial score (nSPS) is 11.8. The third-order valence-electron chi connectivity index (χ3n) is 8.67. The van der Waals surface area contributed by atoms with Gasteiger partial charge in [-0.05, 0) is 12.8 Å². The third-order valence-corrected chi connectivity index (χ3v) is 9.73. The van der Waals surface area contributed by atoms with Crippen LogP contribution in [-0.4, -0.2) is 53.8 Å². The van der Waals surface area contributed by atoms with Crippen molar-refractivity contribution >= 4 is 29.7 Å². The first-order valence-electron chi connectivity index (χ1n) is 19.5. The smallest absolute Gasteiger partial charge is 0.407 e. The molecule has 272 valence electrons. The molecule has 0 aliphatic carbocycles. The molecule has 0 aromatic carbocycles. The minimum absolute atomic E-state index is 0.193. The van der Waals surface area contributed by atoms with Crippen molar-refractivity contribution in [2.24, 2.45) is 0 Å². The van der Waals surface area contributed by atoms with E-state index in [0.29, 0.717) is 25.3 Å². The zero-order valence-corrected chi connectivity index (χ0v) is 31.0. The van der Waals surface area contributed by atoms with Gasteiger partial charge in [-0.1, -0.05) is 174 Å². The van der Waals surface area contributed by atoms with Crippen molar-refractivity contribution < 1.29 is 24.2 Å². The molecule has 0 bridgehead atoms. The number of carbonyl (C=O) groups excluding carboxylic acids is 2. The topological polar surface area (TPSA) is 105 Å². The quantitative estimate of drug-likeness (QED) is 0.0573. The Kier molecular flexibility index (Phi) is 35.3. The maximum Gasteiger partial charge on any atom is 0.407 e. The summed E-state index contributed by atoms with van der Waals surface area (Å²) in [6, 6.07) is -0.910. The Morgan fingerprint density at radius 1 is 0.587 bits per heavy atom. The summed E-state index contributed by atoms with van der Waals surface area (Å²) in [4.78, 5) is 35.8. The molecule has 0 fully saturated rings. The first-order chi connectivity index (χ1) is 22.5. The summed E-state index contributed by atoms with van der Waals surface area (Å²) < 4.78 is 5.26. The lowest BCUT2D eigenvalue weighted by Crippen LogP contribution is -2.42. The molecular weight excluding hydrogens is 596 g/mol. The van der Waals surface area contributed by atoms with Gasteiger partial charge in [0.15, 0.2) is 0 Å². The predicted molar refractivity (Wildman–Crippen MR) is 197 cm³/mol. The predicted octanol–water partition coefficient (Wildman–Crippen LogP) is 11.0.